The Balaban J connectivity index is 2.23. The summed E-state index contributed by atoms with van der Waals surface area (Å²) < 4.78 is 15.4. The summed E-state index contributed by atoms with van der Waals surface area (Å²) in [5, 5.41) is 0. The zero-order chi connectivity index (χ0) is 15.9. The molecule has 0 aromatic heterocycles. The van der Waals surface area contributed by atoms with Crippen molar-refractivity contribution in [3.8, 4) is 29.1 Å². The Bertz CT molecular complexity index is 721. The number of ketones is 1. The van der Waals surface area contributed by atoms with Gasteiger partial charge < -0.3 is 14.2 Å². The van der Waals surface area contributed by atoms with Gasteiger partial charge in [-0.15, -0.1) is 0 Å². The van der Waals surface area contributed by atoms with Gasteiger partial charge in [-0.2, -0.15) is 0 Å². The molecule has 0 aliphatic heterocycles. The summed E-state index contributed by atoms with van der Waals surface area (Å²) in [6.07, 6.45) is 0. The fourth-order valence-corrected chi connectivity index (χ4v) is 1.86. The lowest BCUT2D eigenvalue weighted by Gasteiger charge is -2.07. The molecule has 2 rings (SSSR count). The molecule has 0 N–H and O–H groups in total. The highest BCUT2D eigenvalue weighted by atomic mass is 16.5. The van der Waals surface area contributed by atoms with E-state index in [1.807, 2.05) is 0 Å². The van der Waals surface area contributed by atoms with Gasteiger partial charge >= 0.3 is 0 Å². The Morgan fingerprint density at radius 3 is 2.09 bits per heavy atom. The van der Waals surface area contributed by atoms with Crippen molar-refractivity contribution in [3.05, 3.63) is 53.6 Å². The Morgan fingerprint density at radius 2 is 1.50 bits per heavy atom. The molecule has 0 fully saturated rings. The third-order valence-corrected chi connectivity index (χ3v) is 3.06. The van der Waals surface area contributed by atoms with Crippen molar-refractivity contribution in [1.82, 2.24) is 0 Å². The fourth-order valence-electron chi connectivity index (χ4n) is 1.86. The highest BCUT2D eigenvalue weighted by Crippen LogP contribution is 2.24. The number of carbonyl (C=O) groups excluding carboxylic acids is 1. The summed E-state index contributed by atoms with van der Waals surface area (Å²) >= 11 is 0. The average Bonchev–Trinajstić information content (AvgIpc) is 2.59. The van der Waals surface area contributed by atoms with Crippen molar-refractivity contribution in [2.75, 3.05) is 21.3 Å². The van der Waals surface area contributed by atoms with Crippen LogP contribution in [0.2, 0.25) is 0 Å². The molecule has 0 spiro atoms. The highest BCUT2D eigenvalue weighted by molar-refractivity contribution is 6.11. The zero-order valence-corrected chi connectivity index (χ0v) is 12.7. The van der Waals surface area contributed by atoms with Crippen LogP contribution in [0.25, 0.3) is 0 Å². The maximum atomic E-state index is 12.2. The highest BCUT2D eigenvalue weighted by Gasteiger charge is 2.11. The van der Waals surface area contributed by atoms with Crippen LogP contribution >= 0.6 is 0 Å². The maximum absolute atomic E-state index is 12.2. The first-order valence-electron chi connectivity index (χ1n) is 6.60. The van der Waals surface area contributed by atoms with Gasteiger partial charge in [0.1, 0.15) is 17.2 Å². The van der Waals surface area contributed by atoms with E-state index in [2.05, 4.69) is 11.8 Å². The topological polar surface area (TPSA) is 44.8 Å². The summed E-state index contributed by atoms with van der Waals surface area (Å²) in [7, 11) is 4.66. The number of carbonyl (C=O) groups is 1. The lowest BCUT2D eigenvalue weighted by molar-refractivity contribution is 0.105. The lowest BCUT2D eigenvalue weighted by atomic mass is 10.1. The lowest BCUT2D eigenvalue weighted by Crippen LogP contribution is -2.00. The first kappa shape index (κ1) is 15.5. The molecule has 0 amide bonds. The predicted molar refractivity (Wildman–Crippen MR) is 83.7 cm³/mol. The average molecular weight is 296 g/mol. The van der Waals surface area contributed by atoms with E-state index in [0.29, 0.717) is 17.1 Å². The predicted octanol–water partition coefficient (Wildman–Crippen LogP) is 2.95. The summed E-state index contributed by atoms with van der Waals surface area (Å²) in [6, 6.07) is 12.2. The molecule has 22 heavy (non-hydrogen) atoms. The molecule has 0 atom stereocenters. The zero-order valence-electron chi connectivity index (χ0n) is 12.7. The van der Waals surface area contributed by atoms with Crippen molar-refractivity contribution in [2.24, 2.45) is 0 Å². The minimum Gasteiger partial charge on any atom is -0.497 e. The number of Topliss-reactive ketones (excluding diaryl/α,β-unsaturated/α-hetero) is 1. The van der Waals surface area contributed by atoms with Gasteiger partial charge in [0.05, 0.1) is 26.9 Å². The van der Waals surface area contributed by atoms with Gasteiger partial charge in [0.15, 0.2) is 0 Å². The molecule has 4 heteroatoms. The second kappa shape index (κ2) is 7.19. The minimum absolute atomic E-state index is 0.310. The van der Waals surface area contributed by atoms with Gasteiger partial charge in [-0.25, -0.2) is 0 Å². The van der Waals surface area contributed by atoms with E-state index in [9.17, 15) is 4.79 Å². The molecule has 2 aromatic rings. The van der Waals surface area contributed by atoms with Crippen LogP contribution in [0.15, 0.2) is 42.5 Å². The van der Waals surface area contributed by atoms with Gasteiger partial charge in [-0.3, -0.25) is 4.79 Å². The second-order valence-corrected chi connectivity index (χ2v) is 4.37. The van der Waals surface area contributed by atoms with Gasteiger partial charge in [0, 0.05) is 11.6 Å². The molecule has 0 saturated heterocycles. The third-order valence-electron chi connectivity index (χ3n) is 3.06. The molecule has 0 bridgehead atoms. The van der Waals surface area contributed by atoms with Crippen LogP contribution in [-0.4, -0.2) is 27.1 Å². The van der Waals surface area contributed by atoms with E-state index in [1.54, 1.807) is 56.7 Å². The Labute approximate surface area is 129 Å². The van der Waals surface area contributed by atoms with Crippen molar-refractivity contribution in [1.29, 1.82) is 0 Å². The Hall–Kier alpha value is -2.93. The molecule has 4 nitrogen and oxygen atoms in total. The van der Waals surface area contributed by atoms with E-state index in [1.165, 1.54) is 7.11 Å². The van der Waals surface area contributed by atoms with Crippen LogP contribution in [0.3, 0.4) is 0 Å². The smallest absolute Gasteiger partial charge is 0.239 e. The van der Waals surface area contributed by atoms with Crippen LogP contribution in [0, 0.1) is 11.8 Å². The van der Waals surface area contributed by atoms with E-state index in [0.717, 1.165) is 11.3 Å². The summed E-state index contributed by atoms with van der Waals surface area (Å²) in [5.41, 5.74) is 1.14. The first-order valence-corrected chi connectivity index (χ1v) is 6.60. The number of hydrogen-bond acceptors (Lipinski definition) is 4. The van der Waals surface area contributed by atoms with Gasteiger partial charge in [-0.1, -0.05) is 5.92 Å². The van der Waals surface area contributed by atoms with Crippen molar-refractivity contribution in [3.63, 3.8) is 0 Å². The van der Waals surface area contributed by atoms with E-state index in [-0.39, 0.29) is 5.78 Å². The van der Waals surface area contributed by atoms with Gasteiger partial charge in [0.25, 0.3) is 0 Å². The van der Waals surface area contributed by atoms with E-state index in [4.69, 9.17) is 14.2 Å². The summed E-state index contributed by atoms with van der Waals surface area (Å²) in [6.45, 7) is 0. The number of ether oxygens (including phenoxy) is 3. The maximum Gasteiger partial charge on any atom is 0.239 e. The van der Waals surface area contributed by atoms with Gasteiger partial charge in [0.2, 0.25) is 5.78 Å². The molecule has 0 heterocycles. The molecule has 2 aromatic carbocycles. The molecular formula is C18H16O4. The fraction of sp³-hybridized carbons (Fsp3) is 0.167. The normalized spacial score (nSPS) is 9.41. The molecule has 0 saturated carbocycles. The quantitative estimate of drug-likeness (QED) is 0.643. The van der Waals surface area contributed by atoms with Crippen molar-refractivity contribution < 1.29 is 19.0 Å². The molecule has 112 valence electrons. The number of methoxy groups -OCH3 is 3. The van der Waals surface area contributed by atoms with Crippen LogP contribution in [0.1, 0.15) is 15.9 Å². The Morgan fingerprint density at radius 1 is 0.864 bits per heavy atom. The largest absolute Gasteiger partial charge is 0.497 e. The van der Waals surface area contributed by atoms with Crippen LogP contribution in [-0.2, 0) is 0 Å². The molecule has 0 aliphatic rings. The summed E-state index contributed by atoms with van der Waals surface area (Å²) in [5.74, 6) is 6.94. The van der Waals surface area contributed by atoms with E-state index >= 15 is 0 Å². The van der Waals surface area contributed by atoms with Crippen LogP contribution in [0.4, 0.5) is 0 Å². The number of rotatable bonds is 4. The molecular weight excluding hydrogens is 280 g/mol. The molecule has 0 radical (unpaired) electrons. The van der Waals surface area contributed by atoms with Gasteiger partial charge in [-0.05, 0) is 42.3 Å². The van der Waals surface area contributed by atoms with E-state index < -0.39 is 0 Å². The first-order chi connectivity index (χ1) is 10.7. The number of benzene rings is 2. The summed E-state index contributed by atoms with van der Waals surface area (Å²) in [4.78, 5) is 12.2. The standard InChI is InChI=1S/C18H16O4/c1-20-14-7-4-13(5-8-14)6-11-17(19)16-10-9-15(21-2)12-18(16)22-3/h4-5,7-10,12H,1-3H3. The van der Waals surface area contributed by atoms with Crippen molar-refractivity contribution >= 4 is 5.78 Å². The van der Waals surface area contributed by atoms with Crippen LogP contribution < -0.4 is 14.2 Å². The second-order valence-electron chi connectivity index (χ2n) is 4.37. The third kappa shape index (κ3) is 3.58. The monoisotopic (exact) mass is 296 g/mol. The van der Waals surface area contributed by atoms with Crippen molar-refractivity contribution in [2.45, 2.75) is 0 Å². The minimum atomic E-state index is -0.310. The SMILES string of the molecule is COc1ccc(C#CC(=O)c2ccc(OC)cc2OC)cc1. The number of hydrogen-bond donors (Lipinski definition) is 0. The van der Waals surface area contributed by atoms with Crippen LogP contribution in [0.5, 0.6) is 17.2 Å². The molecule has 0 unspecified atom stereocenters. The molecule has 0 aliphatic carbocycles. The Kier molecular flexibility index (Phi) is 5.05.